The first kappa shape index (κ1) is 12.2. The third-order valence-corrected chi connectivity index (χ3v) is 2.46. The topological polar surface area (TPSA) is 70.7 Å². The molecular formula is C12H13FN4O. The van der Waals surface area contributed by atoms with Gasteiger partial charge in [0, 0.05) is 18.0 Å². The monoisotopic (exact) mass is 248 g/mol. The van der Waals surface area contributed by atoms with E-state index in [1.54, 1.807) is 6.07 Å². The van der Waals surface area contributed by atoms with Gasteiger partial charge in [-0.3, -0.25) is 9.89 Å². The minimum absolute atomic E-state index is 0.105. The van der Waals surface area contributed by atoms with Crippen molar-refractivity contribution in [1.82, 2.24) is 15.2 Å². The van der Waals surface area contributed by atoms with Crippen molar-refractivity contribution in [2.75, 3.05) is 5.32 Å². The number of aromatic nitrogens is 3. The van der Waals surface area contributed by atoms with Gasteiger partial charge in [-0.1, -0.05) is 13.8 Å². The normalized spacial score (nSPS) is 10.7. The molecule has 0 aliphatic carbocycles. The van der Waals surface area contributed by atoms with Crippen LogP contribution >= 0.6 is 0 Å². The molecule has 0 aliphatic rings. The van der Waals surface area contributed by atoms with E-state index in [2.05, 4.69) is 20.5 Å². The number of carbonyl (C=O) groups excluding carboxylic acids is 1. The van der Waals surface area contributed by atoms with Crippen LogP contribution < -0.4 is 5.32 Å². The molecule has 0 bridgehead atoms. The van der Waals surface area contributed by atoms with E-state index in [1.165, 1.54) is 18.3 Å². The van der Waals surface area contributed by atoms with Crippen molar-refractivity contribution in [2.45, 2.75) is 19.8 Å². The van der Waals surface area contributed by atoms with Crippen molar-refractivity contribution in [1.29, 1.82) is 0 Å². The number of hydrogen-bond donors (Lipinski definition) is 2. The molecule has 0 saturated heterocycles. The van der Waals surface area contributed by atoms with Crippen molar-refractivity contribution in [3.05, 3.63) is 41.6 Å². The second-order valence-electron chi connectivity index (χ2n) is 4.16. The number of nitrogens with one attached hydrogen (secondary N) is 2. The Morgan fingerprint density at radius 3 is 2.89 bits per heavy atom. The van der Waals surface area contributed by atoms with Crippen molar-refractivity contribution >= 4 is 11.7 Å². The number of amides is 1. The number of nitrogens with zero attached hydrogens (tertiary/aromatic N) is 2. The summed E-state index contributed by atoms with van der Waals surface area (Å²) in [6.45, 7) is 4.00. The maximum absolute atomic E-state index is 13.3. The van der Waals surface area contributed by atoms with E-state index < -0.39 is 11.9 Å². The molecule has 0 fully saturated rings. The Morgan fingerprint density at radius 1 is 1.50 bits per heavy atom. The molecule has 0 unspecified atom stereocenters. The Labute approximate surface area is 103 Å². The summed E-state index contributed by atoms with van der Waals surface area (Å²) < 4.78 is 13.3. The number of H-pyrrole nitrogens is 1. The molecule has 0 aliphatic heterocycles. The molecule has 0 atom stereocenters. The largest absolute Gasteiger partial charge is 0.305 e. The highest BCUT2D eigenvalue weighted by Crippen LogP contribution is 2.15. The molecule has 5 nitrogen and oxygen atoms in total. The summed E-state index contributed by atoms with van der Waals surface area (Å²) in [6.07, 6.45) is 1.29. The predicted octanol–water partition coefficient (Wildman–Crippen LogP) is 2.32. The minimum Gasteiger partial charge on any atom is -0.305 e. The van der Waals surface area contributed by atoms with E-state index in [1.807, 2.05) is 13.8 Å². The van der Waals surface area contributed by atoms with Crippen molar-refractivity contribution < 1.29 is 9.18 Å². The SMILES string of the molecule is CC(C)c1cc(NC(=O)c2cccnc2F)n[nH]1. The molecule has 2 heterocycles. The summed E-state index contributed by atoms with van der Waals surface area (Å²) in [5.74, 6) is -0.720. The highest BCUT2D eigenvalue weighted by molar-refractivity contribution is 6.03. The van der Waals surface area contributed by atoms with Crippen molar-refractivity contribution in [2.24, 2.45) is 0 Å². The van der Waals surface area contributed by atoms with E-state index >= 15 is 0 Å². The van der Waals surface area contributed by atoms with Crippen LogP contribution in [0.5, 0.6) is 0 Å². The molecule has 94 valence electrons. The molecule has 0 saturated carbocycles. The fourth-order valence-corrected chi connectivity index (χ4v) is 1.44. The van der Waals surface area contributed by atoms with Gasteiger partial charge in [-0.25, -0.2) is 4.98 Å². The Morgan fingerprint density at radius 2 is 2.28 bits per heavy atom. The molecule has 2 rings (SSSR count). The van der Waals surface area contributed by atoms with Crippen LogP contribution in [0.3, 0.4) is 0 Å². The number of aromatic amines is 1. The van der Waals surface area contributed by atoms with Crippen LogP contribution in [0.4, 0.5) is 10.2 Å². The molecule has 0 radical (unpaired) electrons. The number of anilines is 1. The number of pyridine rings is 1. The number of rotatable bonds is 3. The fraction of sp³-hybridized carbons (Fsp3) is 0.250. The molecule has 2 aromatic heterocycles. The van der Waals surface area contributed by atoms with Gasteiger partial charge in [-0.2, -0.15) is 9.49 Å². The van der Waals surface area contributed by atoms with Gasteiger partial charge in [0.25, 0.3) is 5.91 Å². The summed E-state index contributed by atoms with van der Waals surface area (Å²) >= 11 is 0. The Bertz CT molecular complexity index is 565. The summed E-state index contributed by atoms with van der Waals surface area (Å²) in [7, 11) is 0. The minimum atomic E-state index is -0.797. The van der Waals surface area contributed by atoms with Gasteiger partial charge in [0.15, 0.2) is 5.82 Å². The van der Waals surface area contributed by atoms with Crippen LogP contribution in [-0.2, 0) is 0 Å². The third-order valence-electron chi connectivity index (χ3n) is 2.46. The second kappa shape index (κ2) is 4.95. The van der Waals surface area contributed by atoms with E-state index in [9.17, 15) is 9.18 Å². The lowest BCUT2D eigenvalue weighted by Gasteiger charge is -2.01. The number of hydrogen-bond acceptors (Lipinski definition) is 3. The predicted molar refractivity (Wildman–Crippen MR) is 64.8 cm³/mol. The molecule has 2 aromatic rings. The second-order valence-corrected chi connectivity index (χ2v) is 4.16. The number of halogens is 1. The summed E-state index contributed by atoms with van der Waals surface area (Å²) in [4.78, 5) is 15.2. The Balaban J connectivity index is 2.14. The lowest BCUT2D eigenvalue weighted by Crippen LogP contribution is -2.14. The van der Waals surface area contributed by atoms with Crippen LogP contribution in [-0.4, -0.2) is 21.1 Å². The van der Waals surface area contributed by atoms with Gasteiger partial charge in [0.2, 0.25) is 5.95 Å². The summed E-state index contributed by atoms with van der Waals surface area (Å²) in [5, 5.41) is 9.25. The van der Waals surface area contributed by atoms with Gasteiger partial charge >= 0.3 is 0 Å². The zero-order valence-electron chi connectivity index (χ0n) is 10.1. The van der Waals surface area contributed by atoms with E-state index in [0.717, 1.165) is 5.69 Å². The van der Waals surface area contributed by atoms with Crippen LogP contribution in [0.25, 0.3) is 0 Å². The van der Waals surface area contributed by atoms with Crippen molar-refractivity contribution in [3.8, 4) is 0 Å². The molecule has 2 N–H and O–H groups in total. The van der Waals surface area contributed by atoms with Crippen LogP contribution in [0, 0.1) is 5.95 Å². The van der Waals surface area contributed by atoms with Crippen LogP contribution in [0.1, 0.15) is 35.8 Å². The first-order chi connectivity index (χ1) is 8.58. The van der Waals surface area contributed by atoms with Crippen LogP contribution in [0.15, 0.2) is 24.4 Å². The van der Waals surface area contributed by atoms with E-state index in [4.69, 9.17) is 0 Å². The van der Waals surface area contributed by atoms with Gasteiger partial charge in [0.1, 0.15) is 0 Å². The summed E-state index contributed by atoms with van der Waals surface area (Å²) in [6, 6.07) is 4.59. The van der Waals surface area contributed by atoms with Crippen molar-refractivity contribution in [3.63, 3.8) is 0 Å². The standard InChI is InChI=1S/C12H13FN4O/c1-7(2)9-6-10(17-16-9)15-12(18)8-4-3-5-14-11(8)13/h3-7H,1-2H3,(H2,15,16,17,18). The summed E-state index contributed by atoms with van der Waals surface area (Å²) in [5.41, 5.74) is 0.795. The highest BCUT2D eigenvalue weighted by Gasteiger charge is 2.14. The Kier molecular flexibility index (Phi) is 3.36. The number of carbonyl (C=O) groups is 1. The smallest absolute Gasteiger partial charge is 0.261 e. The third kappa shape index (κ3) is 2.53. The van der Waals surface area contributed by atoms with Gasteiger partial charge in [0.05, 0.1) is 5.56 Å². The molecule has 6 heteroatoms. The average molecular weight is 248 g/mol. The van der Waals surface area contributed by atoms with Crippen LogP contribution in [0.2, 0.25) is 0 Å². The van der Waals surface area contributed by atoms with Gasteiger partial charge in [-0.05, 0) is 18.1 Å². The molecule has 0 spiro atoms. The first-order valence-corrected chi connectivity index (χ1v) is 5.55. The maximum Gasteiger partial charge on any atom is 0.261 e. The zero-order valence-corrected chi connectivity index (χ0v) is 10.1. The van der Waals surface area contributed by atoms with E-state index in [-0.39, 0.29) is 11.5 Å². The first-order valence-electron chi connectivity index (χ1n) is 5.55. The lowest BCUT2D eigenvalue weighted by molar-refractivity contribution is 0.102. The maximum atomic E-state index is 13.3. The van der Waals surface area contributed by atoms with Gasteiger partial charge < -0.3 is 5.32 Å². The quantitative estimate of drug-likeness (QED) is 0.819. The lowest BCUT2D eigenvalue weighted by atomic mass is 10.1. The molecular weight excluding hydrogens is 235 g/mol. The Hall–Kier alpha value is -2.24. The zero-order chi connectivity index (χ0) is 13.1. The molecule has 0 aromatic carbocycles. The highest BCUT2D eigenvalue weighted by atomic mass is 19.1. The molecule has 18 heavy (non-hydrogen) atoms. The molecule has 1 amide bonds. The van der Waals surface area contributed by atoms with Gasteiger partial charge in [-0.15, -0.1) is 0 Å². The van der Waals surface area contributed by atoms with E-state index in [0.29, 0.717) is 5.82 Å². The fourth-order valence-electron chi connectivity index (χ4n) is 1.44. The average Bonchev–Trinajstić information content (AvgIpc) is 2.78.